The van der Waals surface area contributed by atoms with Gasteiger partial charge in [-0.15, -0.1) is 0 Å². The highest BCUT2D eigenvalue weighted by molar-refractivity contribution is 7.92. The van der Waals surface area contributed by atoms with Gasteiger partial charge in [-0.1, -0.05) is 18.2 Å². The number of aryl methyl sites for hydroxylation is 3. The predicted octanol–water partition coefficient (Wildman–Crippen LogP) is 6.12. The van der Waals surface area contributed by atoms with E-state index in [2.05, 4.69) is 5.10 Å². The minimum atomic E-state index is -6.35. The maximum absolute atomic E-state index is 15.0. The monoisotopic (exact) mass is 661 g/mol. The molecule has 0 radical (unpaired) electrons. The highest BCUT2D eigenvalue weighted by atomic mass is 32.2. The largest absolute Gasteiger partial charge is 0.435 e. The molecule has 2 aromatic carbocycles. The maximum Gasteiger partial charge on any atom is 0.435 e. The maximum atomic E-state index is 15.0. The number of alkyl halides is 7. The van der Waals surface area contributed by atoms with Crippen LogP contribution in [0.1, 0.15) is 57.7 Å². The van der Waals surface area contributed by atoms with E-state index in [4.69, 9.17) is 0 Å². The number of aromatic nitrogens is 2. The van der Waals surface area contributed by atoms with Crippen molar-refractivity contribution in [3.05, 3.63) is 81.9 Å². The fraction of sp³-hybridized carbons (Fsp3) is 0.467. The minimum Gasteiger partial charge on any atom is -0.335 e. The molecule has 1 saturated heterocycles. The van der Waals surface area contributed by atoms with Crippen molar-refractivity contribution in [3.63, 3.8) is 0 Å². The van der Waals surface area contributed by atoms with Crippen LogP contribution in [0.15, 0.2) is 47.4 Å². The zero-order valence-corrected chi connectivity index (χ0v) is 24.6. The first-order valence-corrected chi connectivity index (χ1v) is 15.7. The fourth-order valence-corrected chi connectivity index (χ4v) is 9.65. The first kappa shape index (κ1) is 31.5. The van der Waals surface area contributed by atoms with Crippen molar-refractivity contribution < 1.29 is 48.3 Å². The standard InChI is InChI=1S/C30H27F8N3O3S/c1-40-25(22-4-2-3-5-24(22)39-40)26(42)41-15-19-7-6-17-14-18(28(32,29(33,34)35)30(36,37)38)8-13-23(17)27(19,16-41)45(43,44)21-11-9-20(31)10-12-21/h8-14,19H,2-7,15-16H2,1H3. The second kappa shape index (κ2) is 10.3. The Morgan fingerprint density at radius 2 is 1.58 bits per heavy atom. The Balaban J connectivity index is 1.52. The zero-order valence-electron chi connectivity index (χ0n) is 23.8. The van der Waals surface area contributed by atoms with Crippen molar-refractivity contribution in [1.82, 2.24) is 14.7 Å². The summed E-state index contributed by atoms with van der Waals surface area (Å²) >= 11 is 0. The number of fused-ring (bicyclic) bond motifs is 4. The molecule has 1 aliphatic heterocycles. The lowest BCUT2D eigenvalue weighted by Crippen LogP contribution is -2.51. The van der Waals surface area contributed by atoms with E-state index in [-0.39, 0.29) is 41.1 Å². The predicted molar refractivity (Wildman–Crippen MR) is 144 cm³/mol. The zero-order chi connectivity index (χ0) is 32.7. The van der Waals surface area contributed by atoms with Gasteiger partial charge in [-0.3, -0.25) is 9.48 Å². The number of nitrogens with zero attached hydrogens (tertiary/aromatic N) is 3. The van der Waals surface area contributed by atoms with Crippen LogP contribution in [0, 0.1) is 11.7 Å². The van der Waals surface area contributed by atoms with Gasteiger partial charge in [0.15, 0.2) is 9.84 Å². The summed E-state index contributed by atoms with van der Waals surface area (Å²) in [5.74, 6) is -2.08. The van der Waals surface area contributed by atoms with E-state index in [9.17, 15) is 43.9 Å². The van der Waals surface area contributed by atoms with Gasteiger partial charge in [0.2, 0.25) is 0 Å². The Morgan fingerprint density at radius 1 is 0.933 bits per heavy atom. The van der Waals surface area contributed by atoms with Crippen molar-refractivity contribution in [2.24, 2.45) is 13.0 Å². The molecule has 1 aromatic heterocycles. The molecule has 45 heavy (non-hydrogen) atoms. The number of rotatable bonds is 4. The van der Waals surface area contributed by atoms with Crippen LogP contribution in [0.2, 0.25) is 0 Å². The third-order valence-electron chi connectivity index (χ3n) is 9.44. The van der Waals surface area contributed by atoms with Gasteiger partial charge in [-0.05, 0) is 73.9 Å². The molecular formula is C30H27F8N3O3S. The average Bonchev–Trinajstić information content (AvgIpc) is 3.54. The van der Waals surface area contributed by atoms with Gasteiger partial charge in [-0.2, -0.15) is 31.4 Å². The molecular weight excluding hydrogens is 634 g/mol. The lowest BCUT2D eigenvalue weighted by Gasteiger charge is -2.40. The van der Waals surface area contributed by atoms with Crippen LogP contribution in [-0.2, 0) is 46.6 Å². The van der Waals surface area contributed by atoms with Gasteiger partial charge in [0.25, 0.3) is 5.91 Å². The topological polar surface area (TPSA) is 72.3 Å². The van der Waals surface area contributed by atoms with E-state index in [1.54, 1.807) is 7.05 Å². The quantitative estimate of drug-likeness (QED) is 0.250. The number of sulfone groups is 1. The summed E-state index contributed by atoms with van der Waals surface area (Å²) in [5, 5.41) is 4.46. The Hall–Kier alpha value is -3.49. The van der Waals surface area contributed by atoms with Gasteiger partial charge in [0.1, 0.15) is 16.3 Å². The van der Waals surface area contributed by atoms with Crippen molar-refractivity contribution >= 4 is 15.7 Å². The fourth-order valence-electron chi connectivity index (χ4n) is 7.29. The molecule has 0 N–H and O–H groups in total. The number of amides is 1. The van der Waals surface area contributed by atoms with Crippen molar-refractivity contribution in [2.45, 2.75) is 66.2 Å². The third-order valence-corrected chi connectivity index (χ3v) is 12.0. The van der Waals surface area contributed by atoms with E-state index < -0.39 is 62.4 Å². The molecule has 3 aromatic rings. The lowest BCUT2D eigenvalue weighted by atomic mass is 9.75. The van der Waals surface area contributed by atoms with Crippen LogP contribution in [0.3, 0.4) is 0 Å². The van der Waals surface area contributed by atoms with E-state index in [0.717, 1.165) is 54.4 Å². The van der Waals surface area contributed by atoms with Crippen LogP contribution >= 0.6 is 0 Å². The van der Waals surface area contributed by atoms with E-state index in [0.29, 0.717) is 25.0 Å². The van der Waals surface area contributed by atoms with Crippen LogP contribution in [0.5, 0.6) is 0 Å². The molecule has 3 aliphatic rings. The van der Waals surface area contributed by atoms with Crippen LogP contribution in [0.25, 0.3) is 0 Å². The molecule has 6 rings (SSSR count). The smallest absolute Gasteiger partial charge is 0.335 e. The normalized spacial score (nSPS) is 22.2. The number of halogens is 8. The summed E-state index contributed by atoms with van der Waals surface area (Å²) in [6.45, 7) is -0.569. The second-order valence-electron chi connectivity index (χ2n) is 11.9. The summed E-state index contributed by atoms with van der Waals surface area (Å²) < 4.78 is 139. The van der Waals surface area contributed by atoms with Crippen LogP contribution < -0.4 is 0 Å². The number of benzene rings is 2. The van der Waals surface area contributed by atoms with Gasteiger partial charge in [0.05, 0.1) is 10.6 Å². The third kappa shape index (κ3) is 4.50. The lowest BCUT2D eigenvalue weighted by molar-refractivity contribution is -0.348. The highest BCUT2D eigenvalue weighted by Crippen LogP contribution is 2.56. The van der Waals surface area contributed by atoms with Gasteiger partial charge in [0, 0.05) is 37.2 Å². The summed E-state index contributed by atoms with van der Waals surface area (Å²) in [6, 6.07) is 5.39. The van der Waals surface area contributed by atoms with Crippen molar-refractivity contribution in [3.8, 4) is 0 Å². The first-order valence-electron chi connectivity index (χ1n) is 14.2. The summed E-state index contributed by atoms with van der Waals surface area (Å²) in [5.41, 5.74) is -5.96. The number of hydrogen-bond donors (Lipinski definition) is 0. The molecule has 1 amide bonds. The molecule has 0 bridgehead atoms. The Labute approximate surface area is 252 Å². The highest BCUT2D eigenvalue weighted by Gasteiger charge is 2.73. The Bertz CT molecular complexity index is 1770. The second-order valence-corrected chi connectivity index (χ2v) is 14.1. The average molecular weight is 662 g/mol. The van der Waals surface area contributed by atoms with Gasteiger partial charge >= 0.3 is 18.0 Å². The molecule has 6 nitrogen and oxygen atoms in total. The van der Waals surface area contributed by atoms with Crippen LogP contribution in [-0.4, -0.2) is 54.4 Å². The van der Waals surface area contributed by atoms with Crippen molar-refractivity contribution in [1.29, 1.82) is 0 Å². The molecule has 2 heterocycles. The molecule has 15 heteroatoms. The van der Waals surface area contributed by atoms with E-state index in [1.165, 1.54) is 9.58 Å². The number of likely N-dealkylation sites (tertiary alicyclic amines) is 1. The van der Waals surface area contributed by atoms with Crippen molar-refractivity contribution in [2.75, 3.05) is 13.1 Å². The molecule has 0 spiro atoms. The minimum absolute atomic E-state index is 0.0402. The molecule has 0 saturated carbocycles. The summed E-state index contributed by atoms with van der Waals surface area (Å²) in [7, 11) is -2.98. The SMILES string of the molecule is Cn1nc2c(c1C(=O)N1CC3CCc4cc(C(F)(C(F)(F)F)C(F)(F)F)ccc4C3(S(=O)(=O)c3ccc(F)cc3)C1)CCCC2. The van der Waals surface area contributed by atoms with E-state index >= 15 is 4.39 Å². The number of hydrogen-bond acceptors (Lipinski definition) is 4. The molecule has 1 fully saturated rings. The molecule has 2 unspecified atom stereocenters. The van der Waals surface area contributed by atoms with Gasteiger partial charge < -0.3 is 4.90 Å². The molecule has 2 aliphatic carbocycles. The number of carbonyl (C=O) groups is 1. The molecule has 2 atom stereocenters. The Morgan fingerprint density at radius 3 is 2.22 bits per heavy atom. The molecule has 242 valence electrons. The Kier molecular flexibility index (Phi) is 7.18. The first-order chi connectivity index (χ1) is 20.9. The summed E-state index contributed by atoms with van der Waals surface area (Å²) in [4.78, 5) is 15.0. The van der Waals surface area contributed by atoms with E-state index in [1.807, 2.05) is 0 Å². The van der Waals surface area contributed by atoms with Crippen LogP contribution in [0.4, 0.5) is 35.1 Å². The number of carbonyl (C=O) groups excluding carboxylic acids is 1. The van der Waals surface area contributed by atoms with Gasteiger partial charge in [-0.25, -0.2) is 17.2 Å². The summed E-state index contributed by atoms with van der Waals surface area (Å²) in [6.07, 6.45) is -9.93.